The Morgan fingerprint density at radius 3 is 2.17 bits per heavy atom. The van der Waals surface area contributed by atoms with Gasteiger partial charge in [-0.1, -0.05) is 18.2 Å². The van der Waals surface area contributed by atoms with Gasteiger partial charge in [0.15, 0.2) is 0 Å². The first-order valence-corrected chi connectivity index (χ1v) is 22.8. The Balaban J connectivity index is 1.00. The van der Waals surface area contributed by atoms with Gasteiger partial charge in [0.1, 0.15) is 30.0 Å². The van der Waals surface area contributed by atoms with Crippen LogP contribution in [0.4, 0.5) is 9.59 Å². The molecule has 3 fully saturated rings. The van der Waals surface area contributed by atoms with Crippen LogP contribution >= 0.6 is 0 Å². The van der Waals surface area contributed by atoms with Crippen LogP contribution < -0.4 is 10.1 Å². The van der Waals surface area contributed by atoms with Crippen molar-refractivity contribution in [1.29, 1.82) is 0 Å². The quantitative estimate of drug-likeness (QED) is 0.103. The number of carbonyl (C=O) groups excluding carboxylic acids is 4. The molecule has 2 saturated heterocycles. The summed E-state index contributed by atoms with van der Waals surface area (Å²) < 4.78 is 27.1. The molecule has 348 valence electrons. The van der Waals surface area contributed by atoms with Gasteiger partial charge >= 0.3 is 12.2 Å². The smallest absolute Gasteiger partial charge is 0.432 e. The molecule has 4 amide bonds. The zero-order valence-electron chi connectivity index (χ0n) is 38.7. The van der Waals surface area contributed by atoms with Crippen molar-refractivity contribution < 1.29 is 42.9 Å². The van der Waals surface area contributed by atoms with Crippen molar-refractivity contribution in [1.82, 2.24) is 35.1 Å². The standard InChI is InChI=1S/C49H58N8O9/c1-24-9-17-37(56(24)46(58)35(26(3)62-5)22-50-48(60)64-7)44-51-36-16-14-29-20-34-32-15-13-30(19-31(32)23-66-39(34)21-33(29)43(36)54-44)42-41(28-11-12-28)52-45(53-42)38-18-10-25(2)57(38)47(59)40(27(4)63-6)55-49(61)65-8/h13-16,19-22,24-28,35,37-38,40H,9-12,17-18,23H2,1-8H3,(H,51,54)(H,52,53)(H,55,61). The van der Waals surface area contributed by atoms with Crippen LogP contribution in [-0.4, -0.2) is 119 Å². The van der Waals surface area contributed by atoms with Crippen molar-refractivity contribution in [2.75, 3.05) is 28.4 Å². The maximum atomic E-state index is 14.2. The van der Waals surface area contributed by atoms with E-state index >= 15 is 0 Å². The summed E-state index contributed by atoms with van der Waals surface area (Å²) in [6.07, 6.45) is 3.88. The number of aromatic nitrogens is 4. The van der Waals surface area contributed by atoms with E-state index in [9.17, 15) is 19.2 Å². The fourth-order valence-electron chi connectivity index (χ4n) is 10.1. The number of nitrogens with one attached hydrogen (secondary N) is 3. The summed E-state index contributed by atoms with van der Waals surface area (Å²) in [4.78, 5) is 77.6. The van der Waals surface area contributed by atoms with Crippen LogP contribution in [0.15, 0.2) is 47.5 Å². The predicted octanol–water partition coefficient (Wildman–Crippen LogP) is 7.89. The Morgan fingerprint density at radius 2 is 1.50 bits per heavy atom. The van der Waals surface area contributed by atoms with Gasteiger partial charge in [-0.05, 0) is 107 Å². The van der Waals surface area contributed by atoms with Gasteiger partial charge in [-0.2, -0.15) is 4.99 Å². The number of fused-ring (bicyclic) bond motifs is 6. The molecule has 1 saturated carbocycles. The van der Waals surface area contributed by atoms with Gasteiger partial charge in [0.2, 0.25) is 11.8 Å². The van der Waals surface area contributed by atoms with E-state index in [1.54, 1.807) is 13.8 Å². The first kappa shape index (κ1) is 44.9. The fourth-order valence-corrected chi connectivity index (χ4v) is 10.1. The fraction of sp³-hybridized carbons (Fsp3) is 0.490. The molecule has 8 unspecified atom stereocenters. The summed E-state index contributed by atoms with van der Waals surface area (Å²) in [6.45, 7) is 7.95. The molecule has 5 aromatic rings. The second-order valence-electron chi connectivity index (χ2n) is 18.1. The monoisotopic (exact) mass is 902 g/mol. The number of alkyl carbamates (subject to hydrolysis) is 1. The van der Waals surface area contributed by atoms with E-state index < -0.39 is 36.4 Å². The minimum atomic E-state index is -0.928. The average Bonchev–Trinajstić information content (AvgIpc) is 3.60. The van der Waals surface area contributed by atoms with Gasteiger partial charge in [0.25, 0.3) is 0 Å². The van der Waals surface area contributed by atoms with E-state index in [2.05, 4.69) is 61.4 Å². The highest BCUT2D eigenvalue weighted by Gasteiger charge is 2.44. The summed E-state index contributed by atoms with van der Waals surface area (Å²) >= 11 is 0. The predicted molar refractivity (Wildman–Crippen MR) is 246 cm³/mol. The average molecular weight is 903 g/mol. The molecule has 66 heavy (non-hydrogen) atoms. The van der Waals surface area contributed by atoms with E-state index in [0.29, 0.717) is 24.8 Å². The molecule has 17 heteroatoms. The number of nitrogens with zero attached hydrogens (tertiary/aromatic N) is 5. The molecule has 0 spiro atoms. The van der Waals surface area contributed by atoms with E-state index in [4.69, 9.17) is 28.9 Å². The Labute approximate surface area is 383 Å². The molecule has 4 aliphatic rings. The third-order valence-corrected chi connectivity index (χ3v) is 14.1. The molecule has 3 aromatic carbocycles. The number of imidazole rings is 2. The molecule has 5 heterocycles. The van der Waals surface area contributed by atoms with Crippen LogP contribution in [0.25, 0.3) is 44.2 Å². The first-order chi connectivity index (χ1) is 31.8. The van der Waals surface area contributed by atoms with Gasteiger partial charge in [0, 0.05) is 60.6 Å². The van der Waals surface area contributed by atoms with E-state index in [0.717, 1.165) is 99.1 Å². The number of aliphatic imine (C=N–C) groups is 1. The number of carbonyl (C=O) groups is 4. The maximum absolute atomic E-state index is 14.2. The number of hydrogen-bond donors (Lipinski definition) is 3. The van der Waals surface area contributed by atoms with Gasteiger partial charge < -0.3 is 48.8 Å². The van der Waals surface area contributed by atoms with Crippen molar-refractivity contribution >= 4 is 52.0 Å². The molecule has 0 bridgehead atoms. The van der Waals surface area contributed by atoms with Gasteiger partial charge in [0.05, 0.1) is 61.2 Å². The lowest BCUT2D eigenvalue weighted by molar-refractivity contribution is -0.140. The second-order valence-corrected chi connectivity index (χ2v) is 18.1. The molecule has 0 radical (unpaired) electrons. The SMILES string of the molecule is COC(=O)N=CC(C(=O)N1C(C)CCC1c1nc2c(ccc3cc4c(cc32)OCc2cc(-c3nc(C5CCC(C)N5C(=O)C(NC(=O)OC)C(C)OC)[nH]c3C3CC3)ccc2-4)[nH]1)C(C)OC. The van der Waals surface area contributed by atoms with E-state index in [-0.39, 0.29) is 36.0 Å². The number of aromatic amines is 2. The number of hydrogen-bond acceptors (Lipinski definition) is 11. The van der Waals surface area contributed by atoms with Crippen LogP contribution in [0.1, 0.15) is 107 Å². The normalized spacial score (nSPS) is 22.2. The van der Waals surface area contributed by atoms with Crippen LogP contribution in [0, 0.1) is 5.92 Å². The third kappa shape index (κ3) is 8.16. The maximum Gasteiger partial charge on any atom is 0.432 e. The van der Waals surface area contributed by atoms with Crippen molar-refractivity contribution in [3.8, 4) is 28.1 Å². The van der Waals surface area contributed by atoms with Crippen molar-refractivity contribution in [2.45, 2.75) is 121 Å². The van der Waals surface area contributed by atoms with Gasteiger partial charge in [-0.3, -0.25) is 9.59 Å². The lowest BCUT2D eigenvalue weighted by atomic mass is 9.92. The van der Waals surface area contributed by atoms with Crippen LogP contribution in [0.3, 0.4) is 0 Å². The molecular formula is C49H58N8O9. The number of ether oxygens (including phenoxy) is 5. The van der Waals surface area contributed by atoms with Crippen LogP contribution in [0.5, 0.6) is 5.75 Å². The van der Waals surface area contributed by atoms with Crippen molar-refractivity contribution in [3.05, 3.63) is 65.4 Å². The molecule has 1 aliphatic carbocycles. The minimum absolute atomic E-state index is 0.0689. The second kappa shape index (κ2) is 18.2. The molecule has 3 aliphatic heterocycles. The summed E-state index contributed by atoms with van der Waals surface area (Å²) in [5.74, 6) is 1.31. The lowest BCUT2D eigenvalue weighted by Crippen LogP contribution is -2.55. The topological polar surface area (TPSA) is 203 Å². The Morgan fingerprint density at radius 1 is 0.803 bits per heavy atom. The number of amides is 4. The zero-order chi connectivity index (χ0) is 46.6. The summed E-state index contributed by atoms with van der Waals surface area (Å²) in [7, 11) is 5.56. The number of likely N-dealkylation sites (tertiary alicyclic amines) is 2. The highest BCUT2D eigenvalue weighted by atomic mass is 16.5. The Hall–Kier alpha value is -6.33. The number of H-pyrrole nitrogens is 2. The van der Waals surface area contributed by atoms with Crippen molar-refractivity contribution in [2.24, 2.45) is 10.9 Å². The van der Waals surface area contributed by atoms with E-state index in [1.807, 2.05) is 29.7 Å². The Kier molecular flexibility index (Phi) is 12.3. The van der Waals surface area contributed by atoms with E-state index in [1.165, 1.54) is 34.7 Å². The van der Waals surface area contributed by atoms with Crippen LogP contribution in [-0.2, 0) is 35.1 Å². The van der Waals surface area contributed by atoms with Gasteiger partial charge in [-0.15, -0.1) is 0 Å². The van der Waals surface area contributed by atoms with Crippen molar-refractivity contribution in [3.63, 3.8) is 0 Å². The molecular weight excluding hydrogens is 845 g/mol. The Bertz CT molecular complexity index is 2730. The number of benzene rings is 3. The first-order valence-electron chi connectivity index (χ1n) is 22.8. The molecule has 2 aromatic heterocycles. The lowest BCUT2D eigenvalue weighted by Gasteiger charge is -2.33. The highest BCUT2D eigenvalue weighted by molar-refractivity contribution is 6.07. The van der Waals surface area contributed by atoms with Crippen LogP contribution in [0.2, 0.25) is 0 Å². The molecule has 9 rings (SSSR count). The molecule has 17 nitrogen and oxygen atoms in total. The third-order valence-electron chi connectivity index (χ3n) is 14.1. The highest BCUT2D eigenvalue weighted by Crippen LogP contribution is 2.48. The minimum Gasteiger partial charge on any atom is -0.488 e. The van der Waals surface area contributed by atoms with Gasteiger partial charge in [-0.25, -0.2) is 19.6 Å². The molecule has 8 atom stereocenters. The number of rotatable bonds is 12. The largest absolute Gasteiger partial charge is 0.488 e. The summed E-state index contributed by atoms with van der Waals surface area (Å²) in [6, 6.07) is 13.1. The molecule has 3 N–H and O–H groups in total. The summed E-state index contributed by atoms with van der Waals surface area (Å²) in [5, 5.41) is 4.63. The zero-order valence-corrected chi connectivity index (χ0v) is 38.7. The summed E-state index contributed by atoms with van der Waals surface area (Å²) in [5.41, 5.74) is 7.69. The number of methoxy groups -OCH3 is 4.